The number of nitrogens with zero attached hydrogens (tertiary/aromatic N) is 5. The molecule has 0 unspecified atom stereocenters. The molecular formula is C25H31F2N7O2. The summed E-state index contributed by atoms with van der Waals surface area (Å²) in [7, 11) is 2.05. The van der Waals surface area contributed by atoms with E-state index in [2.05, 4.69) is 42.0 Å². The summed E-state index contributed by atoms with van der Waals surface area (Å²) in [5.41, 5.74) is 1.91. The Labute approximate surface area is 208 Å². The lowest BCUT2D eigenvalue weighted by atomic mass is 10.1. The highest BCUT2D eigenvalue weighted by Gasteiger charge is 2.19. The Morgan fingerprint density at radius 3 is 2.69 bits per heavy atom. The van der Waals surface area contributed by atoms with E-state index >= 15 is 0 Å². The Morgan fingerprint density at radius 1 is 1.28 bits per heavy atom. The third kappa shape index (κ3) is 5.73. The highest BCUT2D eigenvalue weighted by atomic mass is 19.1. The minimum absolute atomic E-state index is 0.211. The van der Waals surface area contributed by atoms with Crippen LogP contribution in [0, 0.1) is 18.6 Å². The van der Waals surface area contributed by atoms with Gasteiger partial charge in [0.15, 0.2) is 24.1 Å². The monoisotopic (exact) mass is 499 g/mol. The van der Waals surface area contributed by atoms with E-state index in [0.29, 0.717) is 36.1 Å². The third-order valence-corrected chi connectivity index (χ3v) is 5.98. The van der Waals surface area contributed by atoms with Gasteiger partial charge in [0, 0.05) is 55.5 Å². The van der Waals surface area contributed by atoms with Crippen LogP contribution in [0.2, 0.25) is 0 Å². The van der Waals surface area contributed by atoms with E-state index in [0.717, 1.165) is 24.5 Å². The molecule has 1 aliphatic heterocycles. The molecule has 1 fully saturated rings. The van der Waals surface area contributed by atoms with E-state index in [9.17, 15) is 8.78 Å². The van der Waals surface area contributed by atoms with Crippen molar-refractivity contribution < 1.29 is 18.0 Å². The predicted molar refractivity (Wildman–Crippen MR) is 137 cm³/mol. The molecule has 36 heavy (non-hydrogen) atoms. The van der Waals surface area contributed by atoms with Crippen LogP contribution in [0.3, 0.4) is 0 Å². The molecule has 4 rings (SSSR count). The van der Waals surface area contributed by atoms with Gasteiger partial charge in [-0.05, 0) is 32.7 Å². The van der Waals surface area contributed by atoms with Gasteiger partial charge in [0.05, 0.1) is 11.2 Å². The number of rotatable bonds is 8. The number of aryl methyl sites for hydroxylation is 1. The number of piperazine rings is 1. The highest BCUT2D eigenvalue weighted by molar-refractivity contribution is 5.94. The lowest BCUT2D eigenvalue weighted by Gasteiger charge is -2.33. The van der Waals surface area contributed by atoms with Gasteiger partial charge in [0.2, 0.25) is 5.88 Å². The first-order valence-electron chi connectivity index (χ1n) is 11.7. The summed E-state index contributed by atoms with van der Waals surface area (Å²) in [5, 5.41) is 7.35. The number of likely N-dealkylation sites (N-methyl/N-ethyl adjacent to an activating group) is 1. The predicted octanol–water partition coefficient (Wildman–Crippen LogP) is 4.50. The molecular weight excluding hydrogens is 468 g/mol. The largest absolute Gasteiger partial charge is 0.465 e. The molecule has 9 nitrogen and oxygen atoms in total. The average Bonchev–Trinajstić information content (AvgIpc) is 3.46. The van der Waals surface area contributed by atoms with Gasteiger partial charge >= 0.3 is 0 Å². The molecule has 2 N–H and O–H groups in total. The molecule has 0 atom stereocenters. The van der Waals surface area contributed by atoms with Gasteiger partial charge in [-0.1, -0.05) is 19.0 Å². The summed E-state index contributed by atoms with van der Waals surface area (Å²) in [5.74, 6) is -0.455. The Hall–Kier alpha value is -3.73. The zero-order valence-electron chi connectivity index (χ0n) is 20.9. The Balaban J connectivity index is 1.57. The topological polar surface area (TPSA) is 94.3 Å². The van der Waals surface area contributed by atoms with Crippen molar-refractivity contribution in [2.24, 2.45) is 9.98 Å². The van der Waals surface area contributed by atoms with Crippen molar-refractivity contribution in [1.82, 2.24) is 19.9 Å². The van der Waals surface area contributed by atoms with Gasteiger partial charge in [-0.3, -0.25) is 0 Å². The summed E-state index contributed by atoms with van der Waals surface area (Å²) in [6.45, 7) is 12.3. The van der Waals surface area contributed by atoms with Gasteiger partial charge in [-0.25, -0.2) is 18.8 Å². The molecule has 1 aromatic carbocycles. The molecule has 2 aromatic heterocycles. The maximum Gasteiger partial charge on any atom is 0.230 e. The standard InChI is InChI=1S/C25H31F2N7O2/c1-15(2)19-12-23(36-32-19)31-21(28-4)13-22(34-8-6-33(5)7-9-34)29-14-35-25-18(26)11-20-17(24(25)27)10-16(3)30-20/h10-13,15,30-31H,4,6-9,14H2,1-3,5H3/b21-13+,29-22+. The number of hydrogen-bond acceptors (Lipinski definition) is 7. The van der Waals surface area contributed by atoms with E-state index in [1.807, 2.05) is 20.9 Å². The van der Waals surface area contributed by atoms with Gasteiger partial charge < -0.3 is 29.4 Å². The van der Waals surface area contributed by atoms with Gasteiger partial charge in [0.1, 0.15) is 11.7 Å². The number of amidine groups is 1. The number of aromatic nitrogens is 2. The fourth-order valence-corrected chi connectivity index (χ4v) is 3.88. The number of hydrogen-bond donors (Lipinski definition) is 2. The maximum absolute atomic E-state index is 14.9. The smallest absolute Gasteiger partial charge is 0.230 e. The van der Waals surface area contributed by atoms with E-state index in [4.69, 9.17) is 9.26 Å². The molecule has 1 aliphatic rings. The lowest BCUT2D eigenvalue weighted by molar-refractivity contribution is 0.214. The van der Waals surface area contributed by atoms with Gasteiger partial charge in [-0.15, -0.1) is 0 Å². The second-order valence-electron chi connectivity index (χ2n) is 9.08. The minimum Gasteiger partial charge on any atom is -0.465 e. The summed E-state index contributed by atoms with van der Waals surface area (Å²) >= 11 is 0. The van der Waals surface area contributed by atoms with Crippen LogP contribution in [0.1, 0.15) is 31.2 Å². The number of H-pyrrole nitrogens is 1. The summed E-state index contributed by atoms with van der Waals surface area (Å²) in [6, 6.07) is 4.63. The first-order chi connectivity index (χ1) is 17.2. The van der Waals surface area contributed by atoms with Crippen LogP contribution >= 0.6 is 0 Å². The molecule has 0 bridgehead atoms. The van der Waals surface area contributed by atoms with Crippen LogP contribution in [-0.2, 0) is 0 Å². The van der Waals surface area contributed by atoms with Gasteiger partial charge in [-0.2, -0.15) is 0 Å². The van der Waals surface area contributed by atoms with E-state index < -0.39 is 17.4 Å². The van der Waals surface area contributed by atoms with E-state index in [-0.39, 0.29) is 18.0 Å². The first kappa shape index (κ1) is 25.4. The molecule has 0 aliphatic carbocycles. The zero-order valence-corrected chi connectivity index (χ0v) is 20.9. The molecule has 0 saturated carbocycles. The maximum atomic E-state index is 14.9. The Kier molecular flexibility index (Phi) is 7.68. The SMILES string of the molecule is C=N/C(=C\C(=N/COc1c(F)cc2[nH]c(C)cc2c1F)N1CCN(C)CC1)Nc1cc(C(C)C)no1. The summed E-state index contributed by atoms with van der Waals surface area (Å²) in [6.07, 6.45) is 1.70. The Morgan fingerprint density at radius 2 is 2.03 bits per heavy atom. The van der Waals surface area contributed by atoms with Crippen molar-refractivity contribution in [2.75, 3.05) is 45.3 Å². The van der Waals surface area contributed by atoms with Crippen molar-refractivity contribution in [2.45, 2.75) is 26.7 Å². The lowest BCUT2D eigenvalue weighted by Crippen LogP contribution is -2.47. The van der Waals surface area contributed by atoms with Crippen molar-refractivity contribution in [3.05, 3.63) is 53.1 Å². The fraction of sp³-hybridized carbons (Fsp3) is 0.400. The second kappa shape index (κ2) is 10.9. The van der Waals surface area contributed by atoms with Crippen molar-refractivity contribution in [3.8, 4) is 5.75 Å². The van der Waals surface area contributed by atoms with E-state index in [1.165, 1.54) is 6.07 Å². The quantitative estimate of drug-likeness (QED) is 0.350. The number of aliphatic imine (C=N–C) groups is 2. The molecule has 3 heterocycles. The zero-order chi connectivity index (χ0) is 25.8. The van der Waals surface area contributed by atoms with Crippen molar-refractivity contribution in [1.29, 1.82) is 0 Å². The first-order valence-corrected chi connectivity index (χ1v) is 11.7. The molecule has 11 heteroatoms. The van der Waals surface area contributed by atoms with Crippen molar-refractivity contribution >= 4 is 29.3 Å². The Bertz CT molecular complexity index is 1290. The summed E-state index contributed by atoms with van der Waals surface area (Å²) in [4.78, 5) is 15.7. The fourth-order valence-electron chi connectivity index (χ4n) is 3.88. The molecule has 3 aromatic rings. The second-order valence-corrected chi connectivity index (χ2v) is 9.08. The number of fused-ring (bicyclic) bond motifs is 1. The number of ether oxygens (including phenoxy) is 1. The number of anilines is 1. The van der Waals surface area contributed by atoms with Crippen LogP contribution in [0.15, 0.2) is 44.6 Å². The molecule has 0 radical (unpaired) electrons. The number of benzene rings is 1. The molecule has 0 amide bonds. The summed E-state index contributed by atoms with van der Waals surface area (Å²) < 4.78 is 40.3. The average molecular weight is 500 g/mol. The van der Waals surface area contributed by atoms with E-state index in [1.54, 1.807) is 25.1 Å². The van der Waals surface area contributed by atoms with Crippen LogP contribution in [0.4, 0.5) is 14.7 Å². The van der Waals surface area contributed by atoms with Crippen molar-refractivity contribution in [3.63, 3.8) is 0 Å². The van der Waals surface area contributed by atoms with Gasteiger partial charge in [0.25, 0.3) is 0 Å². The van der Waals surface area contributed by atoms with Crippen LogP contribution in [0.25, 0.3) is 10.9 Å². The molecule has 192 valence electrons. The van der Waals surface area contributed by atoms with Crippen LogP contribution < -0.4 is 10.1 Å². The molecule has 1 saturated heterocycles. The number of nitrogens with one attached hydrogen (secondary N) is 2. The normalized spacial score (nSPS) is 15.7. The third-order valence-electron chi connectivity index (χ3n) is 5.98. The highest BCUT2D eigenvalue weighted by Crippen LogP contribution is 2.30. The molecule has 0 spiro atoms. The minimum atomic E-state index is -0.796. The van der Waals surface area contributed by atoms with Crippen LogP contribution in [-0.4, -0.2) is 72.5 Å². The number of aromatic amines is 1. The number of halogens is 2. The van der Waals surface area contributed by atoms with Crippen LogP contribution in [0.5, 0.6) is 5.75 Å².